The molecule has 0 saturated carbocycles. The molecule has 184 valence electrons. The van der Waals surface area contributed by atoms with E-state index in [1.807, 2.05) is 48.9 Å². The van der Waals surface area contributed by atoms with Gasteiger partial charge in [-0.2, -0.15) is 9.40 Å². The number of hydrogen-bond donors (Lipinski definition) is 1. The van der Waals surface area contributed by atoms with Gasteiger partial charge in [0.05, 0.1) is 33.4 Å². The highest BCUT2D eigenvalue weighted by Crippen LogP contribution is 2.27. The molecule has 3 aromatic rings. The summed E-state index contributed by atoms with van der Waals surface area (Å²) in [5, 5.41) is 18.4. The average Bonchev–Trinajstić information content (AvgIpc) is 3.12. The minimum absolute atomic E-state index is 0.00285. The van der Waals surface area contributed by atoms with Crippen LogP contribution in [0.2, 0.25) is 0 Å². The van der Waals surface area contributed by atoms with Crippen molar-refractivity contribution in [1.29, 1.82) is 0 Å². The Morgan fingerprint density at radius 3 is 2.31 bits per heavy atom. The fourth-order valence-electron chi connectivity index (χ4n) is 4.26. The summed E-state index contributed by atoms with van der Waals surface area (Å²) >= 11 is 0. The number of hydrogen-bond acceptors (Lipinski definition) is 6. The maximum atomic E-state index is 13.0. The molecule has 35 heavy (non-hydrogen) atoms. The Balaban J connectivity index is 1.38. The largest absolute Gasteiger partial charge is 0.323 e. The molecule has 2 heterocycles. The van der Waals surface area contributed by atoms with Crippen molar-refractivity contribution in [2.24, 2.45) is 5.92 Å². The van der Waals surface area contributed by atoms with Crippen LogP contribution < -0.4 is 5.32 Å². The number of aromatic nitrogens is 2. The van der Waals surface area contributed by atoms with Crippen LogP contribution in [0, 0.1) is 29.9 Å². The van der Waals surface area contributed by atoms with Crippen molar-refractivity contribution in [2.45, 2.75) is 38.1 Å². The third-order valence-corrected chi connectivity index (χ3v) is 8.23. The first-order chi connectivity index (χ1) is 16.7. The van der Waals surface area contributed by atoms with Gasteiger partial charge in [-0.15, -0.1) is 0 Å². The molecule has 0 bridgehead atoms. The second-order valence-electron chi connectivity index (χ2n) is 8.61. The van der Waals surface area contributed by atoms with E-state index in [2.05, 4.69) is 10.4 Å². The van der Waals surface area contributed by atoms with E-state index in [9.17, 15) is 23.3 Å². The first-order valence-corrected chi connectivity index (χ1v) is 12.7. The highest BCUT2D eigenvalue weighted by Gasteiger charge is 2.33. The predicted octanol–water partition coefficient (Wildman–Crippen LogP) is 3.50. The monoisotopic (exact) mass is 497 g/mol. The summed E-state index contributed by atoms with van der Waals surface area (Å²) in [5.74, 6) is -0.475. The predicted molar refractivity (Wildman–Crippen MR) is 130 cm³/mol. The van der Waals surface area contributed by atoms with Gasteiger partial charge in [0.25, 0.3) is 5.69 Å². The maximum absolute atomic E-state index is 13.0. The quantitative estimate of drug-likeness (QED) is 0.393. The number of sulfonamides is 1. The number of nitro groups is 1. The number of nitrogens with one attached hydrogen (secondary N) is 1. The Bertz CT molecular complexity index is 1330. The average molecular weight is 498 g/mol. The number of nitrogens with zero attached hydrogens (tertiary/aromatic N) is 4. The number of rotatable bonds is 7. The molecular formula is C24H27N5O5S. The van der Waals surface area contributed by atoms with E-state index in [4.69, 9.17) is 0 Å². The summed E-state index contributed by atoms with van der Waals surface area (Å²) in [7, 11) is -3.79. The first kappa shape index (κ1) is 24.6. The topological polar surface area (TPSA) is 127 Å². The van der Waals surface area contributed by atoms with Crippen LogP contribution in [0.25, 0.3) is 0 Å². The van der Waals surface area contributed by atoms with E-state index in [0.29, 0.717) is 25.1 Å². The number of piperidine rings is 1. The Morgan fingerprint density at radius 1 is 1.09 bits per heavy atom. The standard InChI is InChI=1S/C24H27N5O5S/c1-17-23(18(2)28(26-17)16-19-6-4-3-5-7-19)25-24(30)20-12-14-27(15-13-20)35(33,34)22-10-8-21(9-11-22)29(31)32/h3-11,20H,12-16H2,1-2H3,(H,25,30). The van der Waals surface area contributed by atoms with Gasteiger partial charge < -0.3 is 5.32 Å². The molecule has 1 saturated heterocycles. The van der Waals surface area contributed by atoms with E-state index in [1.165, 1.54) is 28.6 Å². The van der Waals surface area contributed by atoms with Gasteiger partial charge in [0.15, 0.2) is 0 Å². The first-order valence-electron chi connectivity index (χ1n) is 11.3. The molecular weight excluding hydrogens is 470 g/mol. The van der Waals surface area contributed by atoms with Gasteiger partial charge >= 0.3 is 0 Å². The van der Waals surface area contributed by atoms with Crippen molar-refractivity contribution in [3.63, 3.8) is 0 Å². The lowest BCUT2D eigenvalue weighted by Gasteiger charge is -2.30. The van der Waals surface area contributed by atoms with Crippen molar-refractivity contribution < 1.29 is 18.1 Å². The highest BCUT2D eigenvalue weighted by molar-refractivity contribution is 7.89. The summed E-state index contributed by atoms with van der Waals surface area (Å²) in [6.45, 7) is 4.76. The minimum Gasteiger partial charge on any atom is -0.323 e. The Labute approximate surface area is 203 Å². The Hall–Kier alpha value is -3.57. The van der Waals surface area contributed by atoms with Crippen LogP contribution in [-0.2, 0) is 21.4 Å². The molecule has 0 radical (unpaired) electrons. The van der Waals surface area contributed by atoms with Crippen molar-refractivity contribution in [1.82, 2.24) is 14.1 Å². The number of amides is 1. The van der Waals surface area contributed by atoms with Crippen LogP contribution in [0.15, 0.2) is 59.5 Å². The van der Waals surface area contributed by atoms with E-state index in [-0.39, 0.29) is 35.5 Å². The Kier molecular flexibility index (Phi) is 6.99. The number of non-ortho nitro benzene ring substituents is 1. The lowest BCUT2D eigenvalue weighted by molar-refractivity contribution is -0.384. The SMILES string of the molecule is Cc1nn(Cc2ccccc2)c(C)c1NC(=O)C1CCN(S(=O)(=O)c2ccc([N+](=O)[O-])cc2)CC1. The van der Waals surface area contributed by atoms with Crippen LogP contribution in [0.4, 0.5) is 11.4 Å². The molecule has 0 spiro atoms. The second kappa shape index (κ2) is 9.96. The van der Waals surface area contributed by atoms with Crippen LogP contribution in [0.5, 0.6) is 0 Å². The number of carbonyl (C=O) groups is 1. The molecule has 2 aromatic carbocycles. The van der Waals surface area contributed by atoms with Gasteiger partial charge in [-0.1, -0.05) is 30.3 Å². The maximum Gasteiger partial charge on any atom is 0.269 e. The minimum atomic E-state index is -3.79. The number of benzene rings is 2. The molecule has 10 nitrogen and oxygen atoms in total. The van der Waals surface area contributed by atoms with Crippen LogP contribution in [-0.4, -0.2) is 46.4 Å². The molecule has 1 aromatic heterocycles. The van der Waals surface area contributed by atoms with E-state index in [1.54, 1.807) is 0 Å². The summed E-state index contributed by atoms with van der Waals surface area (Å²) in [5.41, 5.74) is 3.21. The zero-order chi connectivity index (χ0) is 25.2. The van der Waals surface area contributed by atoms with Gasteiger partial charge in [-0.05, 0) is 44.4 Å². The molecule has 1 aliphatic rings. The van der Waals surface area contributed by atoms with Crippen LogP contribution in [0.3, 0.4) is 0 Å². The third kappa shape index (κ3) is 5.25. The molecule has 11 heteroatoms. The zero-order valence-electron chi connectivity index (χ0n) is 19.5. The molecule has 1 fully saturated rings. The molecule has 0 unspecified atom stereocenters. The molecule has 0 atom stereocenters. The summed E-state index contributed by atoms with van der Waals surface area (Å²) in [6.07, 6.45) is 0.766. The van der Waals surface area contributed by atoms with E-state index >= 15 is 0 Å². The zero-order valence-corrected chi connectivity index (χ0v) is 20.4. The molecule has 1 amide bonds. The number of aryl methyl sites for hydroxylation is 1. The lowest BCUT2D eigenvalue weighted by atomic mass is 9.97. The second-order valence-corrected chi connectivity index (χ2v) is 10.5. The number of carbonyl (C=O) groups excluding carboxylic acids is 1. The van der Waals surface area contributed by atoms with Crippen LogP contribution >= 0.6 is 0 Å². The number of anilines is 1. The van der Waals surface area contributed by atoms with Gasteiger partial charge in [-0.3, -0.25) is 19.6 Å². The van der Waals surface area contributed by atoms with Gasteiger partial charge in [0, 0.05) is 31.1 Å². The Morgan fingerprint density at radius 2 is 1.71 bits per heavy atom. The molecule has 4 rings (SSSR count). The molecule has 1 aliphatic heterocycles. The van der Waals surface area contributed by atoms with Crippen molar-refractivity contribution >= 4 is 27.3 Å². The lowest BCUT2D eigenvalue weighted by Crippen LogP contribution is -2.41. The van der Waals surface area contributed by atoms with E-state index < -0.39 is 14.9 Å². The molecule has 0 aliphatic carbocycles. The fourth-order valence-corrected chi connectivity index (χ4v) is 5.73. The van der Waals surface area contributed by atoms with Crippen LogP contribution in [0.1, 0.15) is 29.8 Å². The molecule has 1 N–H and O–H groups in total. The normalized spacial score (nSPS) is 15.1. The smallest absolute Gasteiger partial charge is 0.269 e. The summed E-state index contributed by atoms with van der Waals surface area (Å²) < 4.78 is 29.0. The number of nitro benzene ring substituents is 1. The van der Waals surface area contributed by atoms with Gasteiger partial charge in [0.2, 0.25) is 15.9 Å². The van der Waals surface area contributed by atoms with Gasteiger partial charge in [0.1, 0.15) is 0 Å². The highest BCUT2D eigenvalue weighted by atomic mass is 32.2. The van der Waals surface area contributed by atoms with Gasteiger partial charge in [-0.25, -0.2) is 8.42 Å². The summed E-state index contributed by atoms with van der Waals surface area (Å²) in [6, 6.07) is 14.8. The summed E-state index contributed by atoms with van der Waals surface area (Å²) in [4.78, 5) is 23.2. The third-order valence-electron chi connectivity index (χ3n) is 6.31. The van der Waals surface area contributed by atoms with Crippen molar-refractivity contribution in [3.8, 4) is 0 Å². The van der Waals surface area contributed by atoms with Crippen molar-refractivity contribution in [2.75, 3.05) is 18.4 Å². The van der Waals surface area contributed by atoms with Crippen molar-refractivity contribution in [3.05, 3.63) is 81.7 Å². The van der Waals surface area contributed by atoms with E-state index in [0.717, 1.165) is 17.0 Å². The fraction of sp³-hybridized carbons (Fsp3) is 0.333.